The van der Waals surface area contributed by atoms with Crippen molar-refractivity contribution < 1.29 is 14.3 Å². The van der Waals surface area contributed by atoms with Crippen LogP contribution in [0.4, 0.5) is 0 Å². The number of piperidine rings is 1. The molecule has 4 rings (SSSR count). The number of ether oxygens (including phenoxy) is 1. The molecular formula is C24H30N2O3. The summed E-state index contributed by atoms with van der Waals surface area (Å²) >= 11 is 0. The van der Waals surface area contributed by atoms with Gasteiger partial charge in [0.15, 0.2) is 5.78 Å². The van der Waals surface area contributed by atoms with Crippen LogP contribution in [-0.2, 0) is 28.9 Å². The highest BCUT2D eigenvalue weighted by Crippen LogP contribution is 2.31. The smallest absolute Gasteiger partial charge is 0.227 e. The zero-order valence-corrected chi connectivity index (χ0v) is 17.4. The van der Waals surface area contributed by atoms with Gasteiger partial charge in [-0.05, 0) is 43.7 Å². The van der Waals surface area contributed by atoms with Crippen molar-refractivity contribution in [3.8, 4) is 0 Å². The number of aromatic nitrogens is 1. The Morgan fingerprint density at radius 3 is 2.55 bits per heavy atom. The molecule has 1 aliphatic carbocycles. The highest BCUT2D eigenvalue weighted by molar-refractivity contribution is 6.01. The van der Waals surface area contributed by atoms with E-state index in [0.29, 0.717) is 12.8 Å². The van der Waals surface area contributed by atoms with E-state index in [-0.39, 0.29) is 17.8 Å². The van der Waals surface area contributed by atoms with E-state index in [4.69, 9.17) is 4.74 Å². The number of Topliss-reactive ketones (excluding diaryl/α,β-unsaturated/α-hetero) is 1. The fourth-order valence-corrected chi connectivity index (χ4v) is 4.79. The summed E-state index contributed by atoms with van der Waals surface area (Å²) in [5.74, 6) is 0.322. The van der Waals surface area contributed by atoms with Gasteiger partial charge in [0.1, 0.15) is 0 Å². The lowest BCUT2D eigenvalue weighted by atomic mass is 9.91. The van der Waals surface area contributed by atoms with Crippen LogP contribution in [0.3, 0.4) is 0 Å². The molecule has 1 aromatic carbocycles. The molecule has 154 valence electrons. The molecule has 0 saturated carbocycles. The van der Waals surface area contributed by atoms with Gasteiger partial charge in [-0.25, -0.2) is 0 Å². The maximum atomic E-state index is 13.0. The molecule has 5 heteroatoms. The van der Waals surface area contributed by atoms with Crippen LogP contribution in [0, 0.1) is 6.92 Å². The van der Waals surface area contributed by atoms with E-state index >= 15 is 0 Å². The largest absolute Gasteiger partial charge is 0.381 e. The van der Waals surface area contributed by atoms with E-state index in [2.05, 4.69) is 23.6 Å². The molecule has 1 saturated heterocycles. The Morgan fingerprint density at radius 2 is 1.86 bits per heavy atom. The van der Waals surface area contributed by atoms with Crippen molar-refractivity contribution in [1.29, 1.82) is 0 Å². The number of rotatable bonds is 5. The average molecular weight is 395 g/mol. The van der Waals surface area contributed by atoms with Crippen molar-refractivity contribution in [2.45, 2.75) is 58.1 Å². The van der Waals surface area contributed by atoms with Crippen molar-refractivity contribution in [2.24, 2.45) is 0 Å². The van der Waals surface area contributed by atoms with Gasteiger partial charge in [0.05, 0.1) is 12.5 Å². The fourth-order valence-electron chi connectivity index (χ4n) is 4.79. The summed E-state index contributed by atoms with van der Waals surface area (Å²) in [6, 6.07) is 10.3. The summed E-state index contributed by atoms with van der Waals surface area (Å²) in [5, 5.41) is 0. The van der Waals surface area contributed by atoms with E-state index in [1.54, 1.807) is 7.11 Å². The number of amides is 1. The van der Waals surface area contributed by atoms with E-state index in [1.165, 1.54) is 5.56 Å². The quantitative estimate of drug-likeness (QED) is 0.779. The normalized spacial score (nSPS) is 17.4. The fraction of sp³-hybridized carbons (Fsp3) is 0.500. The second-order valence-electron chi connectivity index (χ2n) is 8.23. The predicted octanol–water partition coefficient (Wildman–Crippen LogP) is 3.54. The van der Waals surface area contributed by atoms with E-state index < -0.39 is 0 Å². The second kappa shape index (κ2) is 8.54. The first kappa shape index (κ1) is 19.9. The van der Waals surface area contributed by atoms with Crippen LogP contribution in [0.15, 0.2) is 30.3 Å². The Hall–Kier alpha value is -2.40. The van der Waals surface area contributed by atoms with Gasteiger partial charge in [0.25, 0.3) is 0 Å². The first-order valence-electron chi connectivity index (χ1n) is 10.7. The van der Waals surface area contributed by atoms with Gasteiger partial charge in [-0.2, -0.15) is 0 Å². The first-order valence-corrected chi connectivity index (χ1v) is 10.7. The van der Waals surface area contributed by atoms with Crippen LogP contribution in [0.25, 0.3) is 0 Å². The van der Waals surface area contributed by atoms with E-state index in [0.717, 1.165) is 67.8 Å². The number of ketones is 1. The minimum Gasteiger partial charge on any atom is -0.381 e. The standard InChI is InChI=1S/C24H30N2O3/c1-17-20(15-23(28)25-13-11-19(29-2)12-14-25)24-21(9-6-10-22(24)27)26(17)16-18-7-4-3-5-8-18/h3-5,7-8,19H,6,9-16H2,1-2H3. The molecule has 0 bridgehead atoms. The predicted molar refractivity (Wildman–Crippen MR) is 112 cm³/mol. The molecule has 29 heavy (non-hydrogen) atoms. The Labute approximate surface area is 172 Å². The lowest BCUT2D eigenvalue weighted by Gasteiger charge is -2.31. The first-order chi connectivity index (χ1) is 14.1. The van der Waals surface area contributed by atoms with Crippen molar-refractivity contribution in [3.05, 3.63) is 58.4 Å². The minimum absolute atomic E-state index is 0.126. The Morgan fingerprint density at radius 1 is 1.14 bits per heavy atom. The number of carbonyl (C=O) groups is 2. The third-order valence-electron chi connectivity index (χ3n) is 6.49. The van der Waals surface area contributed by atoms with Gasteiger partial charge in [-0.3, -0.25) is 9.59 Å². The molecule has 0 atom stereocenters. The summed E-state index contributed by atoms with van der Waals surface area (Å²) in [7, 11) is 1.73. The van der Waals surface area contributed by atoms with Crippen molar-refractivity contribution in [2.75, 3.05) is 20.2 Å². The molecule has 0 N–H and O–H groups in total. The van der Waals surface area contributed by atoms with E-state index in [9.17, 15) is 9.59 Å². The highest BCUT2D eigenvalue weighted by Gasteiger charge is 2.30. The minimum atomic E-state index is 0.126. The van der Waals surface area contributed by atoms with Crippen molar-refractivity contribution in [3.63, 3.8) is 0 Å². The molecule has 1 amide bonds. The molecule has 0 radical (unpaired) electrons. The van der Waals surface area contributed by atoms with Gasteiger partial charge in [-0.1, -0.05) is 30.3 Å². The molecule has 0 spiro atoms. The van der Waals surface area contributed by atoms with Gasteiger partial charge in [-0.15, -0.1) is 0 Å². The molecule has 1 aliphatic heterocycles. The molecule has 0 unspecified atom stereocenters. The Kier molecular flexibility index (Phi) is 5.86. The van der Waals surface area contributed by atoms with Gasteiger partial charge < -0.3 is 14.2 Å². The number of benzene rings is 1. The molecule has 1 fully saturated rings. The second-order valence-corrected chi connectivity index (χ2v) is 8.23. The number of hydrogen-bond donors (Lipinski definition) is 0. The molecule has 5 nitrogen and oxygen atoms in total. The number of hydrogen-bond acceptors (Lipinski definition) is 3. The SMILES string of the molecule is COC1CCN(C(=O)Cc2c3c(n(Cc4ccccc4)c2C)CCCC3=O)CC1. The van der Waals surface area contributed by atoms with Crippen LogP contribution in [0.5, 0.6) is 0 Å². The number of fused-ring (bicyclic) bond motifs is 1. The molecule has 2 heterocycles. The molecular weight excluding hydrogens is 364 g/mol. The summed E-state index contributed by atoms with van der Waals surface area (Å²) in [4.78, 5) is 27.8. The molecule has 1 aromatic heterocycles. The maximum Gasteiger partial charge on any atom is 0.227 e. The summed E-state index contributed by atoms with van der Waals surface area (Å²) in [6.07, 6.45) is 4.72. The zero-order chi connectivity index (χ0) is 20.4. The summed E-state index contributed by atoms with van der Waals surface area (Å²) < 4.78 is 7.68. The lowest BCUT2D eigenvalue weighted by Crippen LogP contribution is -2.41. The third-order valence-corrected chi connectivity index (χ3v) is 6.49. The highest BCUT2D eigenvalue weighted by atomic mass is 16.5. The number of carbonyl (C=O) groups excluding carboxylic acids is 2. The number of likely N-dealkylation sites (tertiary alicyclic amines) is 1. The van der Waals surface area contributed by atoms with Gasteiger partial charge in [0, 0.05) is 50.1 Å². The Bertz CT molecular complexity index is 893. The lowest BCUT2D eigenvalue weighted by molar-refractivity contribution is -0.132. The van der Waals surface area contributed by atoms with E-state index in [1.807, 2.05) is 23.1 Å². The van der Waals surface area contributed by atoms with Crippen LogP contribution in [-0.4, -0.2) is 47.5 Å². The third kappa shape index (κ3) is 4.01. The maximum absolute atomic E-state index is 13.0. The van der Waals surface area contributed by atoms with Crippen LogP contribution in [0.2, 0.25) is 0 Å². The van der Waals surface area contributed by atoms with Crippen LogP contribution < -0.4 is 0 Å². The monoisotopic (exact) mass is 394 g/mol. The van der Waals surface area contributed by atoms with Gasteiger partial charge >= 0.3 is 0 Å². The molecule has 2 aromatic rings. The number of methoxy groups -OCH3 is 1. The van der Waals surface area contributed by atoms with Crippen LogP contribution in [0.1, 0.15) is 58.6 Å². The van der Waals surface area contributed by atoms with Crippen molar-refractivity contribution >= 4 is 11.7 Å². The Balaban J connectivity index is 1.61. The topological polar surface area (TPSA) is 51.5 Å². The number of nitrogens with zero attached hydrogens (tertiary/aromatic N) is 2. The zero-order valence-electron chi connectivity index (χ0n) is 17.4. The van der Waals surface area contributed by atoms with Crippen LogP contribution >= 0.6 is 0 Å². The average Bonchev–Trinajstić information content (AvgIpc) is 3.01. The summed E-state index contributed by atoms with van der Waals surface area (Å²) in [5.41, 5.74) is 5.16. The summed E-state index contributed by atoms with van der Waals surface area (Å²) in [6.45, 7) is 4.28. The molecule has 2 aliphatic rings. The van der Waals surface area contributed by atoms with Crippen molar-refractivity contribution in [1.82, 2.24) is 9.47 Å². The van der Waals surface area contributed by atoms with Gasteiger partial charge in [0.2, 0.25) is 5.91 Å².